The first-order chi connectivity index (χ1) is 8.43. The quantitative estimate of drug-likeness (QED) is 0.664. The molecule has 1 aromatic carbocycles. The average Bonchev–Trinajstić information content (AvgIpc) is 2.73. The van der Waals surface area contributed by atoms with E-state index in [1.54, 1.807) is 13.8 Å². The Kier molecular flexibility index (Phi) is 1.83. The Labute approximate surface area is 103 Å². The van der Waals surface area contributed by atoms with Gasteiger partial charge in [-0.05, 0) is 25.0 Å². The second-order valence-corrected chi connectivity index (χ2v) is 4.47. The molecule has 0 bridgehead atoms. The van der Waals surface area contributed by atoms with Gasteiger partial charge in [-0.3, -0.25) is 19.7 Å². The van der Waals surface area contributed by atoms with Crippen LogP contribution in [0.2, 0.25) is 0 Å². The van der Waals surface area contributed by atoms with Gasteiger partial charge in [0.2, 0.25) is 0 Å². The van der Waals surface area contributed by atoms with Crippen molar-refractivity contribution < 1.29 is 14.4 Å². The van der Waals surface area contributed by atoms with Gasteiger partial charge in [0.25, 0.3) is 17.7 Å². The van der Waals surface area contributed by atoms with Crippen LogP contribution < -0.4 is 10.6 Å². The fourth-order valence-electron chi connectivity index (χ4n) is 2.72. The van der Waals surface area contributed by atoms with E-state index in [1.807, 2.05) is 0 Å². The van der Waals surface area contributed by atoms with Crippen molar-refractivity contribution in [2.75, 3.05) is 0 Å². The maximum Gasteiger partial charge on any atom is 0.259 e. The van der Waals surface area contributed by atoms with E-state index >= 15 is 0 Å². The third-order valence-electron chi connectivity index (χ3n) is 3.47. The molecule has 3 amide bonds. The molecule has 2 aliphatic rings. The molecule has 0 aromatic heterocycles. The van der Waals surface area contributed by atoms with Crippen molar-refractivity contribution in [1.29, 1.82) is 0 Å². The van der Waals surface area contributed by atoms with Crippen LogP contribution in [0.5, 0.6) is 0 Å². The van der Waals surface area contributed by atoms with Gasteiger partial charge in [-0.25, -0.2) is 0 Å². The summed E-state index contributed by atoms with van der Waals surface area (Å²) >= 11 is 0. The first kappa shape index (κ1) is 10.7. The molecule has 0 spiro atoms. The van der Waals surface area contributed by atoms with Crippen LogP contribution in [-0.4, -0.2) is 17.7 Å². The molecule has 0 atom stereocenters. The summed E-state index contributed by atoms with van der Waals surface area (Å²) in [6.45, 7) is 7.17. The first-order valence-corrected chi connectivity index (χ1v) is 5.47. The van der Waals surface area contributed by atoms with E-state index in [-0.39, 0.29) is 5.91 Å². The highest BCUT2D eigenvalue weighted by atomic mass is 16.2. The monoisotopic (exact) mass is 242 g/mol. The largest absolute Gasteiger partial charge is 0.322 e. The zero-order valence-corrected chi connectivity index (χ0v) is 9.93. The predicted octanol–water partition coefficient (Wildman–Crippen LogP) is 0.901. The predicted molar refractivity (Wildman–Crippen MR) is 64.2 cm³/mol. The van der Waals surface area contributed by atoms with Gasteiger partial charge >= 0.3 is 0 Å². The zero-order valence-electron chi connectivity index (χ0n) is 9.93. The number of carbonyl (C=O) groups excluding carboxylic acids is 3. The zero-order chi connectivity index (χ0) is 13.2. The van der Waals surface area contributed by atoms with Crippen molar-refractivity contribution in [2.24, 2.45) is 0 Å². The SMILES string of the molecule is C=C1NC(=O)c2c(C)c3c(c(C)c21)C(=O)NC3=O. The molecule has 90 valence electrons. The molecule has 0 saturated carbocycles. The lowest BCUT2D eigenvalue weighted by Gasteiger charge is -2.10. The molecule has 2 aliphatic heterocycles. The van der Waals surface area contributed by atoms with E-state index < -0.39 is 11.8 Å². The Morgan fingerprint density at radius 3 is 1.67 bits per heavy atom. The van der Waals surface area contributed by atoms with Crippen LogP contribution in [0.1, 0.15) is 47.8 Å². The van der Waals surface area contributed by atoms with Gasteiger partial charge in [0.05, 0.1) is 16.7 Å². The lowest BCUT2D eigenvalue weighted by molar-refractivity contribution is 0.0878. The molecule has 5 nitrogen and oxygen atoms in total. The summed E-state index contributed by atoms with van der Waals surface area (Å²) in [7, 11) is 0. The maximum atomic E-state index is 11.8. The van der Waals surface area contributed by atoms with Crippen molar-refractivity contribution in [3.63, 3.8) is 0 Å². The molecule has 0 aliphatic carbocycles. The molecule has 5 heteroatoms. The Hall–Kier alpha value is -2.43. The van der Waals surface area contributed by atoms with Crippen molar-refractivity contribution in [3.8, 4) is 0 Å². The van der Waals surface area contributed by atoms with Gasteiger partial charge in [0.15, 0.2) is 0 Å². The molecule has 1 aromatic rings. The van der Waals surface area contributed by atoms with E-state index in [0.717, 1.165) is 0 Å². The first-order valence-electron chi connectivity index (χ1n) is 5.47. The van der Waals surface area contributed by atoms with E-state index in [0.29, 0.717) is 39.1 Å². The van der Waals surface area contributed by atoms with E-state index in [4.69, 9.17) is 0 Å². The van der Waals surface area contributed by atoms with Gasteiger partial charge < -0.3 is 5.32 Å². The Bertz CT molecular complexity index is 574. The van der Waals surface area contributed by atoms with Gasteiger partial charge in [0, 0.05) is 11.3 Å². The Balaban J connectivity index is 2.51. The topological polar surface area (TPSA) is 75.3 Å². The lowest BCUT2D eigenvalue weighted by atomic mass is 9.89. The number of nitrogens with one attached hydrogen (secondary N) is 2. The average molecular weight is 242 g/mol. The highest BCUT2D eigenvalue weighted by molar-refractivity contribution is 6.25. The minimum Gasteiger partial charge on any atom is -0.322 e. The molecule has 2 heterocycles. The number of hydrogen-bond donors (Lipinski definition) is 2. The molecule has 2 N–H and O–H groups in total. The van der Waals surface area contributed by atoms with Crippen LogP contribution in [0.3, 0.4) is 0 Å². The maximum absolute atomic E-state index is 11.8. The smallest absolute Gasteiger partial charge is 0.259 e. The summed E-state index contributed by atoms with van der Waals surface area (Å²) in [5.41, 5.74) is 3.38. The number of rotatable bonds is 0. The highest BCUT2D eigenvalue weighted by Gasteiger charge is 2.38. The summed E-state index contributed by atoms with van der Waals surface area (Å²) < 4.78 is 0. The second-order valence-electron chi connectivity index (χ2n) is 4.47. The third-order valence-corrected chi connectivity index (χ3v) is 3.47. The van der Waals surface area contributed by atoms with Gasteiger partial charge in [-0.15, -0.1) is 0 Å². The van der Waals surface area contributed by atoms with E-state index in [1.165, 1.54) is 0 Å². The molecule has 0 saturated heterocycles. The summed E-state index contributed by atoms with van der Waals surface area (Å²) in [4.78, 5) is 35.4. The van der Waals surface area contributed by atoms with Crippen LogP contribution in [0.4, 0.5) is 0 Å². The molecule has 0 unspecified atom stereocenters. The fourth-order valence-corrected chi connectivity index (χ4v) is 2.72. The van der Waals surface area contributed by atoms with E-state index in [2.05, 4.69) is 17.2 Å². The summed E-state index contributed by atoms with van der Waals surface area (Å²) in [5, 5.41) is 4.88. The van der Waals surface area contributed by atoms with Crippen LogP contribution >= 0.6 is 0 Å². The van der Waals surface area contributed by atoms with Gasteiger partial charge in [-0.1, -0.05) is 6.58 Å². The Morgan fingerprint density at radius 1 is 0.722 bits per heavy atom. The van der Waals surface area contributed by atoms with Crippen LogP contribution in [-0.2, 0) is 0 Å². The number of imide groups is 1. The highest BCUT2D eigenvalue weighted by Crippen LogP contribution is 2.36. The van der Waals surface area contributed by atoms with Gasteiger partial charge in [0.1, 0.15) is 0 Å². The fraction of sp³-hybridized carbons (Fsp3) is 0.154. The van der Waals surface area contributed by atoms with Crippen LogP contribution in [0, 0.1) is 13.8 Å². The molecule has 3 rings (SSSR count). The number of hydrogen-bond acceptors (Lipinski definition) is 3. The molecular weight excluding hydrogens is 232 g/mol. The number of carbonyl (C=O) groups is 3. The van der Waals surface area contributed by atoms with Crippen molar-refractivity contribution in [1.82, 2.24) is 10.6 Å². The summed E-state index contributed by atoms with van der Waals surface area (Å²) in [6.07, 6.45) is 0. The van der Waals surface area contributed by atoms with Gasteiger partial charge in [-0.2, -0.15) is 0 Å². The minimum atomic E-state index is -0.441. The number of fused-ring (bicyclic) bond motifs is 2. The second kappa shape index (κ2) is 3.07. The number of benzene rings is 1. The molecule has 0 radical (unpaired) electrons. The standard InChI is InChI=1S/C13H10N2O3/c1-4-7-6(3)14-11(16)8(7)5(2)10-9(4)12(17)15-13(10)18/h3H2,1-2H3,(H,14,16)(H,15,17,18). The number of amides is 3. The van der Waals surface area contributed by atoms with Crippen molar-refractivity contribution in [3.05, 3.63) is 40.0 Å². The third kappa shape index (κ3) is 1.03. The van der Waals surface area contributed by atoms with Crippen LogP contribution in [0.15, 0.2) is 6.58 Å². The summed E-state index contributed by atoms with van der Waals surface area (Å²) in [6, 6.07) is 0. The van der Waals surface area contributed by atoms with Crippen LogP contribution in [0.25, 0.3) is 5.70 Å². The Morgan fingerprint density at radius 2 is 1.11 bits per heavy atom. The lowest BCUT2D eigenvalue weighted by Crippen LogP contribution is -2.20. The molecule has 18 heavy (non-hydrogen) atoms. The molecular formula is C13H10N2O3. The normalized spacial score (nSPS) is 16.6. The van der Waals surface area contributed by atoms with Crippen molar-refractivity contribution >= 4 is 23.4 Å². The van der Waals surface area contributed by atoms with E-state index in [9.17, 15) is 14.4 Å². The summed E-state index contributed by atoms with van der Waals surface area (Å²) in [5.74, 6) is -1.13. The molecule has 0 fully saturated rings. The van der Waals surface area contributed by atoms with Crippen molar-refractivity contribution in [2.45, 2.75) is 13.8 Å². The minimum absolute atomic E-state index is 0.273.